The van der Waals surface area contributed by atoms with Gasteiger partial charge in [0, 0.05) is 0 Å². The Morgan fingerprint density at radius 2 is 1.06 bits per heavy atom. The van der Waals surface area contributed by atoms with Crippen molar-refractivity contribution in [1.29, 1.82) is 0 Å². The fourth-order valence-corrected chi connectivity index (χ4v) is 3.96. The van der Waals surface area contributed by atoms with Gasteiger partial charge in [-0.3, -0.25) is 0 Å². The number of aliphatic hydroxyl groups is 10. The maximum absolute atomic E-state index is 10.6. The van der Waals surface area contributed by atoms with Crippen LogP contribution in [-0.2, 0) is 23.7 Å². The molecule has 3 fully saturated rings. The zero-order valence-electron chi connectivity index (χ0n) is 17.6. The van der Waals surface area contributed by atoms with E-state index < -0.39 is 105 Å². The summed E-state index contributed by atoms with van der Waals surface area (Å²) in [6, 6.07) is 0. The normalized spacial score (nSPS) is 53.7. The quantitative estimate of drug-likeness (QED) is 0.167. The first-order valence-corrected chi connectivity index (χ1v) is 10.4. The van der Waals surface area contributed by atoms with E-state index in [2.05, 4.69) is 0 Å². The van der Waals surface area contributed by atoms with Gasteiger partial charge in [0.15, 0.2) is 18.9 Å². The molecule has 10 N–H and O–H groups in total. The minimum atomic E-state index is -1.87. The van der Waals surface area contributed by atoms with Gasteiger partial charge in [0.2, 0.25) is 0 Å². The van der Waals surface area contributed by atoms with E-state index in [4.69, 9.17) is 23.7 Å². The largest absolute Gasteiger partial charge is 0.394 e. The zero-order chi connectivity index (χ0) is 24.6. The highest BCUT2D eigenvalue weighted by atomic mass is 16.8. The monoisotopic (exact) mass is 488 g/mol. The lowest BCUT2D eigenvalue weighted by molar-refractivity contribution is -0.389. The number of aliphatic hydroxyl groups excluding tert-OH is 10. The van der Waals surface area contributed by atoms with E-state index in [0.717, 1.165) is 0 Å². The predicted octanol–water partition coefficient (Wildman–Crippen LogP) is -6.55. The summed E-state index contributed by atoms with van der Waals surface area (Å²) in [4.78, 5) is 0. The lowest BCUT2D eigenvalue weighted by Gasteiger charge is -2.47. The van der Waals surface area contributed by atoms with Crippen molar-refractivity contribution in [3.63, 3.8) is 0 Å². The van der Waals surface area contributed by atoms with Crippen LogP contribution in [0.4, 0.5) is 0 Å². The fourth-order valence-electron chi connectivity index (χ4n) is 3.96. The van der Waals surface area contributed by atoms with Gasteiger partial charge in [0.05, 0.1) is 19.3 Å². The third-order valence-corrected chi connectivity index (χ3v) is 6.06. The van der Waals surface area contributed by atoms with Crippen molar-refractivity contribution in [3.05, 3.63) is 0 Å². The molecule has 0 aromatic carbocycles. The Bertz CT molecular complexity index is 626. The summed E-state index contributed by atoms with van der Waals surface area (Å²) in [5.41, 5.74) is 0. The molecule has 0 radical (unpaired) electrons. The molecule has 0 spiro atoms. The summed E-state index contributed by atoms with van der Waals surface area (Å²) >= 11 is 0. The van der Waals surface area contributed by atoms with Crippen molar-refractivity contribution >= 4 is 0 Å². The molecule has 33 heavy (non-hydrogen) atoms. The second kappa shape index (κ2) is 11.0. The highest BCUT2D eigenvalue weighted by Crippen LogP contribution is 2.32. The third kappa shape index (κ3) is 5.32. The van der Waals surface area contributed by atoms with E-state index in [9.17, 15) is 51.1 Å². The van der Waals surface area contributed by atoms with Crippen LogP contribution in [0.15, 0.2) is 0 Å². The van der Waals surface area contributed by atoms with E-state index in [1.54, 1.807) is 0 Å². The molecule has 0 bridgehead atoms. The Balaban J connectivity index is 1.81. The van der Waals surface area contributed by atoms with Crippen molar-refractivity contribution in [2.75, 3.05) is 13.2 Å². The first-order chi connectivity index (χ1) is 15.5. The van der Waals surface area contributed by atoms with Crippen LogP contribution in [-0.4, -0.2) is 156 Å². The van der Waals surface area contributed by atoms with Crippen LogP contribution in [0.2, 0.25) is 0 Å². The van der Waals surface area contributed by atoms with Crippen LogP contribution in [0.3, 0.4) is 0 Å². The minimum absolute atomic E-state index is 0.714. The van der Waals surface area contributed by atoms with Crippen molar-refractivity contribution in [1.82, 2.24) is 0 Å². The molecule has 3 saturated heterocycles. The molecular weight excluding hydrogens is 456 g/mol. The fraction of sp³-hybridized carbons (Fsp3) is 1.00. The van der Waals surface area contributed by atoms with E-state index >= 15 is 0 Å². The highest BCUT2D eigenvalue weighted by molar-refractivity contribution is 4.95. The summed E-state index contributed by atoms with van der Waals surface area (Å²) in [5.74, 6) is 0. The molecule has 0 aromatic heterocycles. The number of ether oxygens (including phenoxy) is 5. The van der Waals surface area contributed by atoms with Gasteiger partial charge in [-0.1, -0.05) is 0 Å². The molecule has 0 aromatic rings. The molecule has 0 aliphatic carbocycles. The maximum atomic E-state index is 10.6. The summed E-state index contributed by atoms with van der Waals surface area (Å²) in [7, 11) is 0. The van der Waals surface area contributed by atoms with E-state index in [-0.39, 0.29) is 0 Å². The molecule has 0 unspecified atom stereocenters. The predicted molar refractivity (Wildman–Crippen MR) is 99.8 cm³/mol. The average molecular weight is 488 g/mol. The maximum Gasteiger partial charge on any atom is 0.187 e. The molecule has 15 atom stereocenters. The van der Waals surface area contributed by atoms with Crippen LogP contribution in [0.1, 0.15) is 6.92 Å². The van der Waals surface area contributed by atoms with E-state index in [1.807, 2.05) is 0 Å². The van der Waals surface area contributed by atoms with Crippen LogP contribution < -0.4 is 0 Å². The van der Waals surface area contributed by atoms with Crippen molar-refractivity contribution in [2.45, 2.75) is 99.0 Å². The smallest absolute Gasteiger partial charge is 0.187 e. The summed E-state index contributed by atoms with van der Waals surface area (Å²) in [6.07, 6.45) is -24.2. The van der Waals surface area contributed by atoms with Gasteiger partial charge in [-0.2, -0.15) is 0 Å². The van der Waals surface area contributed by atoms with Gasteiger partial charge in [0.1, 0.15) is 67.1 Å². The van der Waals surface area contributed by atoms with Crippen LogP contribution in [0, 0.1) is 0 Å². The molecule has 15 heteroatoms. The van der Waals surface area contributed by atoms with Crippen molar-refractivity contribution < 1.29 is 74.7 Å². The van der Waals surface area contributed by atoms with Gasteiger partial charge < -0.3 is 74.7 Å². The molecule has 0 amide bonds. The summed E-state index contributed by atoms with van der Waals surface area (Å²) in [5, 5.41) is 100. The first-order valence-electron chi connectivity index (χ1n) is 10.4. The molecule has 3 aliphatic heterocycles. The standard InChI is InChI=1S/C18H32O15/c1-4-7(21)10(24)13(27)17(29-4)33-15-12(26)9(23)6(3-20)31-18(15)32-14-11(25)8(22)5(2-19)30-16(14)28/h4-28H,2-3H2,1H3/t4-,5+,6+,7-,8-,9-,10+,11-,12-,13+,14+,15+,16+,17-,18-/m0/s1. The van der Waals surface area contributed by atoms with E-state index in [0.29, 0.717) is 0 Å². The SMILES string of the molecule is C[C@@H]1O[C@@H](O[C@H]2[C@H](O[C@@H]3[C@@H](O)[C@@H](O)[C@@H](CO)O[C@H]3O)O[C@H](CO)[C@H](O)[C@@H]2O)[C@H](O)[C@H](O)[C@H]1O. The lowest BCUT2D eigenvalue weighted by atomic mass is 9.96. The Hall–Kier alpha value is -0.600. The Morgan fingerprint density at radius 3 is 1.64 bits per heavy atom. The highest BCUT2D eigenvalue weighted by Gasteiger charge is 2.53. The second-order valence-corrected chi connectivity index (χ2v) is 8.32. The minimum Gasteiger partial charge on any atom is -0.394 e. The lowest BCUT2D eigenvalue weighted by Crippen LogP contribution is -2.66. The van der Waals surface area contributed by atoms with Crippen molar-refractivity contribution in [3.8, 4) is 0 Å². The molecule has 3 aliphatic rings. The van der Waals surface area contributed by atoms with Gasteiger partial charge >= 0.3 is 0 Å². The van der Waals surface area contributed by atoms with Gasteiger partial charge in [0.25, 0.3) is 0 Å². The molecule has 3 heterocycles. The Morgan fingerprint density at radius 1 is 0.545 bits per heavy atom. The number of rotatable bonds is 6. The van der Waals surface area contributed by atoms with Gasteiger partial charge in [-0.05, 0) is 6.92 Å². The number of hydrogen-bond acceptors (Lipinski definition) is 15. The van der Waals surface area contributed by atoms with Gasteiger partial charge in [-0.25, -0.2) is 0 Å². The molecule has 3 rings (SSSR count). The topological polar surface area (TPSA) is 248 Å². The van der Waals surface area contributed by atoms with Crippen LogP contribution >= 0.6 is 0 Å². The molecule has 15 nitrogen and oxygen atoms in total. The number of hydrogen-bond donors (Lipinski definition) is 10. The summed E-state index contributed by atoms with van der Waals surface area (Å²) in [6.45, 7) is -0.0924. The van der Waals surface area contributed by atoms with Crippen LogP contribution in [0.25, 0.3) is 0 Å². The average Bonchev–Trinajstić information content (AvgIpc) is 2.79. The molecule has 194 valence electrons. The van der Waals surface area contributed by atoms with Crippen molar-refractivity contribution in [2.24, 2.45) is 0 Å². The molecule has 0 saturated carbocycles. The van der Waals surface area contributed by atoms with Gasteiger partial charge in [-0.15, -0.1) is 0 Å². The Labute approximate surface area is 187 Å². The third-order valence-electron chi connectivity index (χ3n) is 6.06. The first kappa shape index (κ1) is 27.0. The van der Waals surface area contributed by atoms with Crippen LogP contribution in [0.5, 0.6) is 0 Å². The Kier molecular flexibility index (Phi) is 8.99. The summed E-state index contributed by atoms with van der Waals surface area (Å²) < 4.78 is 26.7. The molecular formula is C18H32O15. The second-order valence-electron chi connectivity index (χ2n) is 8.32. The van der Waals surface area contributed by atoms with E-state index in [1.165, 1.54) is 6.92 Å². The zero-order valence-corrected chi connectivity index (χ0v) is 17.6.